The fraction of sp³-hybridized carbons (Fsp3) is 0.455. The fourth-order valence-corrected chi connectivity index (χ4v) is 5.34. The van der Waals surface area contributed by atoms with Gasteiger partial charge in [-0.2, -0.15) is 0 Å². The van der Waals surface area contributed by atoms with Crippen LogP contribution in [0.15, 0.2) is 40.2 Å². The predicted octanol–water partition coefficient (Wildman–Crippen LogP) is 2.09. The van der Waals surface area contributed by atoms with Crippen LogP contribution in [0.25, 0.3) is 21.8 Å². The molecule has 1 aromatic carbocycles. The maximum absolute atomic E-state index is 13.0. The number of nitrogens with zero attached hydrogens (tertiary/aromatic N) is 1. The van der Waals surface area contributed by atoms with Crippen LogP contribution in [0.5, 0.6) is 0 Å². The number of H-pyrrole nitrogens is 2. The molecule has 9 nitrogen and oxygen atoms in total. The molecule has 3 N–H and O–H groups in total. The van der Waals surface area contributed by atoms with Gasteiger partial charge in [0.15, 0.2) is 0 Å². The Hall–Kier alpha value is -2.69. The number of ether oxygens (including phenoxy) is 1. The highest BCUT2D eigenvalue weighted by atomic mass is 32.2. The minimum absolute atomic E-state index is 0.145. The number of hydrogen-bond donors (Lipinski definition) is 3. The Bertz CT molecular complexity index is 1320. The van der Waals surface area contributed by atoms with E-state index in [0.717, 1.165) is 0 Å². The molecule has 0 saturated carbocycles. The Kier molecular flexibility index (Phi) is 5.87. The third-order valence-corrected chi connectivity index (χ3v) is 6.98. The monoisotopic (exact) mass is 460 g/mol. The molecule has 1 atom stereocenters. The Morgan fingerprint density at radius 1 is 1.25 bits per heavy atom. The first-order valence-corrected chi connectivity index (χ1v) is 12.1. The number of fused-ring (bicyclic) bond motifs is 3. The third-order valence-electron chi connectivity index (χ3n) is 5.46. The van der Waals surface area contributed by atoms with Gasteiger partial charge in [-0.3, -0.25) is 9.59 Å². The molecule has 0 spiro atoms. The summed E-state index contributed by atoms with van der Waals surface area (Å²) >= 11 is 0. The summed E-state index contributed by atoms with van der Waals surface area (Å²) in [5.74, 6) is -0.258. The van der Waals surface area contributed by atoms with E-state index >= 15 is 0 Å². The van der Waals surface area contributed by atoms with E-state index in [4.69, 9.17) is 4.74 Å². The number of carbonyl (C=O) groups is 1. The van der Waals surface area contributed by atoms with Crippen LogP contribution in [0, 0.1) is 0 Å². The Balaban J connectivity index is 1.43. The van der Waals surface area contributed by atoms with Crippen LogP contribution in [0.4, 0.5) is 0 Å². The summed E-state index contributed by atoms with van der Waals surface area (Å²) in [6.45, 7) is 7.26. The highest BCUT2D eigenvalue weighted by Gasteiger charge is 2.28. The van der Waals surface area contributed by atoms with Crippen LogP contribution in [0.1, 0.15) is 33.6 Å². The number of rotatable bonds is 6. The predicted molar refractivity (Wildman–Crippen MR) is 122 cm³/mol. The number of pyridine rings is 1. The highest BCUT2D eigenvalue weighted by molar-refractivity contribution is 7.89. The van der Waals surface area contributed by atoms with E-state index in [-0.39, 0.29) is 28.9 Å². The molecule has 0 bridgehead atoms. The fourth-order valence-electron chi connectivity index (χ4n) is 4.05. The molecule has 32 heavy (non-hydrogen) atoms. The van der Waals surface area contributed by atoms with Gasteiger partial charge in [-0.15, -0.1) is 0 Å². The zero-order chi connectivity index (χ0) is 23.1. The molecule has 0 unspecified atom stereocenters. The molecule has 172 valence electrons. The van der Waals surface area contributed by atoms with Crippen molar-refractivity contribution in [2.45, 2.75) is 50.2 Å². The van der Waals surface area contributed by atoms with E-state index in [1.807, 2.05) is 20.8 Å². The van der Waals surface area contributed by atoms with Crippen LogP contribution < -0.4 is 10.3 Å². The second-order valence-corrected chi connectivity index (χ2v) is 10.9. The van der Waals surface area contributed by atoms with Gasteiger partial charge >= 0.3 is 5.97 Å². The van der Waals surface area contributed by atoms with Crippen LogP contribution in [-0.4, -0.2) is 60.5 Å². The molecule has 1 aliphatic rings. The van der Waals surface area contributed by atoms with Crippen molar-refractivity contribution in [2.24, 2.45) is 0 Å². The number of nitrogens with one attached hydrogen (secondary N) is 3. The van der Waals surface area contributed by atoms with Crippen molar-refractivity contribution < 1.29 is 17.9 Å². The van der Waals surface area contributed by atoms with Gasteiger partial charge in [0.1, 0.15) is 11.1 Å². The van der Waals surface area contributed by atoms with Crippen molar-refractivity contribution in [3.63, 3.8) is 0 Å². The first-order valence-electron chi connectivity index (χ1n) is 10.6. The molecule has 2 aromatic heterocycles. The van der Waals surface area contributed by atoms with Crippen molar-refractivity contribution in [3.05, 3.63) is 40.8 Å². The first kappa shape index (κ1) is 22.5. The first-order chi connectivity index (χ1) is 15.0. The molecule has 0 aliphatic carbocycles. The summed E-state index contributed by atoms with van der Waals surface area (Å²) in [6.07, 6.45) is 2.59. The lowest BCUT2D eigenvalue weighted by Crippen LogP contribution is -2.37. The summed E-state index contributed by atoms with van der Waals surface area (Å²) in [4.78, 5) is 31.9. The summed E-state index contributed by atoms with van der Waals surface area (Å²) in [6, 6.07) is 6.21. The van der Waals surface area contributed by atoms with E-state index in [9.17, 15) is 18.0 Å². The van der Waals surface area contributed by atoms with Gasteiger partial charge in [-0.1, -0.05) is 0 Å². The summed E-state index contributed by atoms with van der Waals surface area (Å²) < 4.78 is 34.1. The number of carbonyl (C=O) groups excluding carboxylic acids is 1. The lowest BCUT2D eigenvalue weighted by Gasteiger charge is -2.21. The summed E-state index contributed by atoms with van der Waals surface area (Å²) in [5.41, 5.74) is 0.231. The van der Waals surface area contributed by atoms with Gasteiger partial charge in [0.05, 0.1) is 11.3 Å². The Morgan fingerprint density at radius 2 is 2.03 bits per heavy atom. The number of sulfonamides is 1. The maximum Gasteiger partial charge on any atom is 0.307 e. The number of benzene rings is 1. The van der Waals surface area contributed by atoms with Gasteiger partial charge in [0.25, 0.3) is 5.56 Å². The lowest BCUT2D eigenvalue weighted by molar-refractivity contribution is -0.155. The van der Waals surface area contributed by atoms with Crippen LogP contribution in [0.3, 0.4) is 0 Å². The molecule has 1 fully saturated rings. The lowest BCUT2D eigenvalue weighted by atomic mass is 10.1. The number of aromatic nitrogens is 2. The van der Waals surface area contributed by atoms with E-state index in [1.54, 1.807) is 24.4 Å². The molecule has 10 heteroatoms. The Labute approximate surface area is 186 Å². The molecule has 4 rings (SSSR count). The van der Waals surface area contributed by atoms with Gasteiger partial charge in [-0.25, -0.2) is 13.1 Å². The minimum atomic E-state index is -3.75. The second kappa shape index (κ2) is 8.34. The van der Waals surface area contributed by atoms with Gasteiger partial charge in [0, 0.05) is 41.6 Å². The van der Waals surface area contributed by atoms with Crippen molar-refractivity contribution in [3.8, 4) is 0 Å². The molecule has 1 saturated heterocycles. The topological polar surface area (TPSA) is 124 Å². The largest absolute Gasteiger partial charge is 0.460 e. The molecule has 3 aromatic rings. The number of likely N-dealkylation sites (tertiary alicyclic amines) is 1. The smallest absolute Gasteiger partial charge is 0.307 e. The van der Waals surface area contributed by atoms with Gasteiger partial charge < -0.3 is 19.6 Å². The van der Waals surface area contributed by atoms with E-state index in [1.165, 1.54) is 6.07 Å². The number of aromatic amines is 2. The number of esters is 1. The van der Waals surface area contributed by atoms with Crippen LogP contribution >= 0.6 is 0 Å². The average Bonchev–Trinajstić information content (AvgIpc) is 3.34. The van der Waals surface area contributed by atoms with Gasteiger partial charge in [-0.05, 0) is 58.0 Å². The second-order valence-electron chi connectivity index (χ2n) is 9.17. The molecule has 1 aliphatic heterocycles. The normalized spacial score (nSPS) is 17.9. The van der Waals surface area contributed by atoms with Crippen molar-refractivity contribution in [1.29, 1.82) is 0 Å². The quantitative estimate of drug-likeness (QED) is 0.484. The van der Waals surface area contributed by atoms with Crippen LogP contribution in [0.2, 0.25) is 0 Å². The maximum atomic E-state index is 13.0. The Morgan fingerprint density at radius 3 is 2.78 bits per heavy atom. The molecule has 0 amide bonds. The van der Waals surface area contributed by atoms with Crippen molar-refractivity contribution in [1.82, 2.24) is 19.6 Å². The molecule has 0 radical (unpaired) electrons. The summed E-state index contributed by atoms with van der Waals surface area (Å²) in [5, 5.41) is 1.34. The van der Waals surface area contributed by atoms with E-state index in [2.05, 4.69) is 19.6 Å². The minimum Gasteiger partial charge on any atom is -0.460 e. The zero-order valence-corrected chi connectivity index (χ0v) is 19.2. The zero-order valence-electron chi connectivity index (χ0n) is 18.4. The van der Waals surface area contributed by atoms with Crippen molar-refractivity contribution >= 4 is 37.8 Å². The molecule has 3 heterocycles. The van der Waals surface area contributed by atoms with Crippen molar-refractivity contribution in [2.75, 3.05) is 19.6 Å². The SMILES string of the molecule is CC(C)(C)OC(=O)CCN1CC[C@H](NS(=O)(=O)c2ccc3[nH]c(=O)c4[nH]ccc4c3c2)C1. The average molecular weight is 461 g/mol. The molecular formula is C22H28N4O5S. The van der Waals surface area contributed by atoms with Gasteiger partial charge in [0.2, 0.25) is 10.0 Å². The van der Waals surface area contributed by atoms with E-state index < -0.39 is 15.6 Å². The van der Waals surface area contributed by atoms with E-state index in [0.29, 0.717) is 47.9 Å². The van der Waals surface area contributed by atoms with Crippen LogP contribution in [-0.2, 0) is 19.6 Å². The molecular weight excluding hydrogens is 432 g/mol. The summed E-state index contributed by atoms with van der Waals surface area (Å²) in [7, 11) is -3.75. The third kappa shape index (κ3) is 4.87. The number of hydrogen-bond acceptors (Lipinski definition) is 6. The highest BCUT2D eigenvalue weighted by Crippen LogP contribution is 2.24. The standard InChI is InChI=1S/C22H28N4O5S/c1-22(2,3)31-19(27)8-11-26-10-7-14(13-26)25-32(29,30)15-4-5-18-17(12-15)16-6-9-23-20(16)21(28)24-18/h4-6,9,12,14,23,25H,7-8,10-11,13H2,1-3H3,(H,24,28)/t14-/m0/s1.